The van der Waals surface area contributed by atoms with Crippen LogP contribution in [-0.2, 0) is 14.3 Å². The number of carbonyl (C=O) groups excluding carboxylic acids is 1. The summed E-state index contributed by atoms with van der Waals surface area (Å²) in [5, 5.41) is 20.0. The molecule has 1 aliphatic heterocycles. The molecule has 9 heteroatoms. The Kier molecular flexibility index (Phi) is 7.83. The van der Waals surface area contributed by atoms with E-state index in [2.05, 4.69) is 11.1 Å². The van der Waals surface area contributed by atoms with Crippen LogP contribution in [0.3, 0.4) is 0 Å². The van der Waals surface area contributed by atoms with Gasteiger partial charge in [0.1, 0.15) is 34.3 Å². The van der Waals surface area contributed by atoms with Gasteiger partial charge in [-0.05, 0) is 63.4 Å². The molecule has 0 spiro atoms. The molecule has 1 aromatic heterocycles. The summed E-state index contributed by atoms with van der Waals surface area (Å²) >= 11 is 1.22. The highest BCUT2D eigenvalue weighted by molar-refractivity contribution is 7.99. The van der Waals surface area contributed by atoms with Gasteiger partial charge in [-0.3, -0.25) is 0 Å². The summed E-state index contributed by atoms with van der Waals surface area (Å²) in [7, 11) is 0. The highest BCUT2D eigenvalue weighted by Crippen LogP contribution is 2.41. The van der Waals surface area contributed by atoms with Crippen LogP contribution in [0.2, 0.25) is 0 Å². The Hall–Kier alpha value is -3.82. The average molecular weight is 493 g/mol. The Morgan fingerprint density at radius 2 is 1.86 bits per heavy atom. The Morgan fingerprint density at radius 3 is 2.43 bits per heavy atom. The largest absolute Gasteiger partial charge is 0.459 e. The number of esters is 1. The molecule has 0 aliphatic carbocycles. The van der Waals surface area contributed by atoms with Gasteiger partial charge in [0, 0.05) is 5.69 Å². The molecular weight excluding hydrogens is 467 g/mol. The number of ether oxygens (including phenoxy) is 2. The van der Waals surface area contributed by atoms with Gasteiger partial charge in [0.05, 0.1) is 28.9 Å². The number of rotatable bonds is 6. The predicted octanol–water partition coefficient (Wildman–Crippen LogP) is 4.82. The Balaban J connectivity index is 2.13. The second-order valence-corrected chi connectivity index (χ2v) is 9.26. The van der Waals surface area contributed by atoms with E-state index in [4.69, 9.17) is 15.2 Å². The van der Waals surface area contributed by atoms with Gasteiger partial charge in [-0.2, -0.15) is 10.5 Å². The summed E-state index contributed by atoms with van der Waals surface area (Å²) in [6.45, 7) is 9.04. The van der Waals surface area contributed by atoms with Crippen LogP contribution in [0.5, 0.6) is 0 Å². The summed E-state index contributed by atoms with van der Waals surface area (Å²) in [6, 6.07) is 9.70. The van der Waals surface area contributed by atoms with Gasteiger partial charge in [-0.1, -0.05) is 23.9 Å². The third-order valence-electron chi connectivity index (χ3n) is 5.68. The number of hydrogen-bond donors (Lipinski definition) is 1. The molecule has 0 unspecified atom stereocenters. The van der Waals surface area contributed by atoms with Crippen molar-refractivity contribution in [3.05, 3.63) is 80.8 Å². The van der Waals surface area contributed by atoms with E-state index in [1.807, 2.05) is 26.8 Å². The number of halogens is 1. The fraction of sp³-hybridized carbons (Fsp3) is 0.308. The van der Waals surface area contributed by atoms with E-state index in [1.165, 1.54) is 36.0 Å². The third-order valence-corrected chi connectivity index (χ3v) is 6.65. The molecule has 3 rings (SSSR count). The molecule has 7 nitrogen and oxygen atoms in total. The minimum absolute atomic E-state index is 0.0268. The van der Waals surface area contributed by atoms with Crippen molar-refractivity contribution >= 4 is 17.7 Å². The van der Waals surface area contributed by atoms with Crippen LogP contribution >= 0.6 is 11.8 Å². The van der Waals surface area contributed by atoms with Crippen LogP contribution in [-0.4, -0.2) is 22.8 Å². The fourth-order valence-electron chi connectivity index (χ4n) is 3.70. The first-order valence-corrected chi connectivity index (χ1v) is 11.8. The number of pyridine rings is 1. The van der Waals surface area contributed by atoms with E-state index in [9.17, 15) is 19.7 Å². The summed E-state index contributed by atoms with van der Waals surface area (Å²) in [5.41, 5.74) is 9.70. The van der Waals surface area contributed by atoms with Crippen LogP contribution in [0.4, 0.5) is 4.39 Å². The summed E-state index contributed by atoms with van der Waals surface area (Å²) in [5.74, 6) is -1.89. The first-order chi connectivity index (χ1) is 16.6. The maximum absolute atomic E-state index is 13.6. The summed E-state index contributed by atoms with van der Waals surface area (Å²) < 4.78 is 24.9. The van der Waals surface area contributed by atoms with Crippen molar-refractivity contribution < 1.29 is 18.7 Å². The lowest BCUT2D eigenvalue weighted by molar-refractivity contribution is -0.143. The Bertz CT molecular complexity index is 1320. The lowest BCUT2D eigenvalue weighted by Gasteiger charge is -2.28. The first kappa shape index (κ1) is 25.8. The molecule has 35 heavy (non-hydrogen) atoms. The van der Waals surface area contributed by atoms with Crippen LogP contribution < -0.4 is 5.73 Å². The smallest absolute Gasteiger partial charge is 0.338 e. The summed E-state index contributed by atoms with van der Waals surface area (Å²) in [4.78, 5) is 17.8. The van der Waals surface area contributed by atoms with Crippen molar-refractivity contribution in [1.82, 2.24) is 4.98 Å². The predicted molar refractivity (Wildman–Crippen MR) is 129 cm³/mol. The number of nitriles is 2. The van der Waals surface area contributed by atoms with Crippen LogP contribution in [0.15, 0.2) is 52.1 Å². The molecule has 2 N–H and O–H groups in total. The SMILES string of the molecule is Cc1nc(SCC2=C(C(=O)OC(C)C)[C@@H](c3ccc(F)cc3)C(C#N)=C(N)O2)c(C#N)c(C)c1C. The molecule has 1 aromatic carbocycles. The van der Waals surface area contributed by atoms with Crippen LogP contribution in [0, 0.1) is 49.3 Å². The molecule has 2 heterocycles. The molecule has 1 aliphatic rings. The minimum Gasteiger partial charge on any atom is -0.459 e. The highest BCUT2D eigenvalue weighted by Gasteiger charge is 2.38. The molecule has 0 amide bonds. The van der Waals surface area contributed by atoms with E-state index >= 15 is 0 Å². The van der Waals surface area contributed by atoms with Crippen LogP contribution in [0.25, 0.3) is 0 Å². The molecule has 1 atom stereocenters. The van der Waals surface area contributed by atoms with Crippen molar-refractivity contribution in [2.45, 2.75) is 51.7 Å². The van der Waals surface area contributed by atoms with Gasteiger partial charge in [0.2, 0.25) is 5.88 Å². The minimum atomic E-state index is -0.902. The van der Waals surface area contributed by atoms with Gasteiger partial charge in [0.15, 0.2) is 0 Å². The maximum Gasteiger partial charge on any atom is 0.338 e. The van der Waals surface area contributed by atoms with Crippen molar-refractivity contribution in [3.63, 3.8) is 0 Å². The third kappa shape index (κ3) is 5.31. The molecule has 0 radical (unpaired) electrons. The highest BCUT2D eigenvalue weighted by atomic mass is 32.2. The topological polar surface area (TPSA) is 122 Å². The molecule has 0 saturated carbocycles. The number of aryl methyl sites for hydroxylation is 1. The van der Waals surface area contributed by atoms with E-state index in [0.29, 0.717) is 16.2 Å². The molecule has 0 bridgehead atoms. The maximum atomic E-state index is 13.6. The molecule has 0 fully saturated rings. The molecular formula is C26H25FN4O3S. The quantitative estimate of drug-likeness (QED) is 0.450. The molecule has 0 saturated heterocycles. The van der Waals surface area contributed by atoms with Gasteiger partial charge in [-0.25, -0.2) is 14.2 Å². The van der Waals surface area contributed by atoms with E-state index in [0.717, 1.165) is 16.8 Å². The lowest BCUT2D eigenvalue weighted by atomic mass is 9.83. The van der Waals surface area contributed by atoms with Crippen molar-refractivity contribution in [1.29, 1.82) is 10.5 Å². The number of aromatic nitrogens is 1. The molecule has 2 aromatic rings. The standard InChI is InChI=1S/C26H25FN4O3S/c1-13(2)33-26(32)23-21(12-35-25-19(10-28)15(4)14(3)16(5)31-25)34-24(30)20(11-29)22(23)17-6-8-18(27)9-7-17/h6-9,13,22H,12,30H2,1-5H3/t22-/m0/s1. The normalized spacial score (nSPS) is 15.5. The monoisotopic (exact) mass is 492 g/mol. The zero-order valence-corrected chi connectivity index (χ0v) is 20.9. The van der Waals surface area contributed by atoms with Gasteiger partial charge in [-0.15, -0.1) is 0 Å². The average Bonchev–Trinajstić information content (AvgIpc) is 2.80. The van der Waals surface area contributed by atoms with Crippen LogP contribution in [0.1, 0.15) is 47.7 Å². The Morgan fingerprint density at radius 1 is 1.20 bits per heavy atom. The number of nitrogens with two attached hydrogens (primary N) is 1. The zero-order valence-electron chi connectivity index (χ0n) is 20.1. The second-order valence-electron chi connectivity index (χ2n) is 8.30. The number of carbonyl (C=O) groups is 1. The second kappa shape index (κ2) is 10.6. The van der Waals surface area contributed by atoms with E-state index < -0.39 is 23.8 Å². The number of allylic oxidation sites excluding steroid dienone is 1. The van der Waals surface area contributed by atoms with Gasteiger partial charge in [0.25, 0.3) is 0 Å². The fourth-order valence-corrected chi connectivity index (χ4v) is 4.72. The number of hydrogen-bond acceptors (Lipinski definition) is 8. The van der Waals surface area contributed by atoms with Gasteiger partial charge < -0.3 is 15.2 Å². The number of thioether (sulfide) groups is 1. The lowest BCUT2D eigenvalue weighted by Crippen LogP contribution is -2.28. The van der Waals surface area contributed by atoms with Crippen molar-refractivity contribution in [2.75, 3.05) is 5.75 Å². The zero-order chi connectivity index (χ0) is 25.9. The number of nitrogens with zero attached hydrogens (tertiary/aromatic N) is 3. The summed E-state index contributed by atoms with van der Waals surface area (Å²) in [6.07, 6.45) is -0.430. The van der Waals surface area contributed by atoms with E-state index in [-0.39, 0.29) is 28.5 Å². The Labute approximate surface area is 208 Å². The van der Waals surface area contributed by atoms with E-state index in [1.54, 1.807) is 13.8 Å². The molecule has 180 valence electrons. The number of benzene rings is 1. The van der Waals surface area contributed by atoms with Crippen molar-refractivity contribution in [3.8, 4) is 12.1 Å². The van der Waals surface area contributed by atoms with Crippen molar-refractivity contribution in [2.24, 2.45) is 5.73 Å². The van der Waals surface area contributed by atoms with Gasteiger partial charge >= 0.3 is 5.97 Å². The first-order valence-electron chi connectivity index (χ1n) is 10.9.